The van der Waals surface area contributed by atoms with Gasteiger partial charge in [-0.05, 0) is 18.1 Å². The number of nitrogens with zero attached hydrogens (tertiary/aromatic N) is 2. The van der Waals surface area contributed by atoms with Gasteiger partial charge in [0, 0.05) is 32.4 Å². The van der Waals surface area contributed by atoms with Gasteiger partial charge in [-0.1, -0.05) is 5.92 Å². The highest BCUT2D eigenvalue weighted by Gasteiger charge is 2.06. The lowest BCUT2D eigenvalue weighted by Gasteiger charge is -2.24. The molecular formula is C13H17ClN4O. The third-order valence-electron chi connectivity index (χ3n) is 2.78. The van der Waals surface area contributed by atoms with Crippen LogP contribution < -0.4 is 11.1 Å². The normalized spacial score (nSPS) is 14.9. The summed E-state index contributed by atoms with van der Waals surface area (Å²) in [5, 5.41) is 3.29. The number of aromatic nitrogens is 1. The van der Waals surface area contributed by atoms with Crippen molar-refractivity contribution in [2.45, 2.75) is 0 Å². The maximum atomic E-state index is 10.9. The second-order valence-corrected chi connectivity index (χ2v) is 4.12. The number of pyridine rings is 1. The molecule has 0 spiro atoms. The molecule has 1 aromatic heterocycles. The zero-order valence-corrected chi connectivity index (χ0v) is 11.4. The Morgan fingerprint density at radius 1 is 1.42 bits per heavy atom. The lowest BCUT2D eigenvalue weighted by Crippen LogP contribution is -2.43. The number of nitrogens with one attached hydrogen (secondary N) is 1. The van der Waals surface area contributed by atoms with Gasteiger partial charge in [0.25, 0.3) is 0 Å². The monoisotopic (exact) mass is 280 g/mol. The SMILES string of the molecule is Cl.NC(=O)c1ccc(C#CCN2CCNCC2)nc1. The Bertz CT molecular complexity index is 472. The van der Waals surface area contributed by atoms with Crippen LogP contribution in [0.25, 0.3) is 0 Å². The summed E-state index contributed by atoms with van der Waals surface area (Å²) in [6, 6.07) is 3.36. The molecule has 6 heteroatoms. The Morgan fingerprint density at radius 2 is 2.16 bits per heavy atom. The number of halogens is 1. The maximum absolute atomic E-state index is 10.9. The molecule has 1 fully saturated rings. The number of hydrogen-bond acceptors (Lipinski definition) is 4. The molecule has 102 valence electrons. The zero-order valence-electron chi connectivity index (χ0n) is 10.6. The molecule has 1 aromatic rings. The van der Waals surface area contributed by atoms with Crippen molar-refractivity contribution in [3.63, 3.8) is 0 Å². The number of nitrogens with two attached hydrogens (primary N) is 1. The molecule has 1 amide bonds. The fourth-order valence-corrected chi connectivity index (χ4v) is 1.72. The van der Waals surface area contributed by atoms with Crippen molar-refractivity contribution in [3.8, 4) is 11.8 Å². The van der Waals surface area contributed by atoms with Crippen LogP contribution in [-0.4, -0.2) is 48.5 Å². The highest BCUT2D eigenvalue weighted by molar-refractivity contribution is 5.92. The minimum atomic E-state index is -0.470. The molecule has 0 atom stereocenters. The van der Waals surface area contributed by atoms with Gasteiger partial charge in [-0.2, -0.15) is 0 Å². The summed E-state index contributed by atoms with van der Waals surface area (Å²) in [4.78, 5) is 17.2. The van der Waals surface area contributed by atoms with Crippen LogP contribution in [0.5, 0.6) is 0 Å². The van der Waals surface area contributed by atoms with E-state index >= 15 is 0 Å². The van der Waals surface area contributed by atoms with Gasteiger partial charge in [0.05, 0.1) is 12.1 Å². The number of carbonyl (C=O) groups is 1. The smallest absolute Gasteiger partial charge is 0.250 e. The van der Waals surface area contributed by atoms with Gasteiger partial charge in [0.15, 0.2) is 0 Å². The van der Waals surface area contributed by atoms with Crippen LogP contribution in [0.15, 0.2) is 18.3 Å². The summed E-state index contributed by atoms with van der Waals surface area (Å²) in [5.74, 6) is 5.60. The first kappa shape index (κ1) is 15.4. The lowest BCUT2D eigenvalue weighted by atomic mass is 10.2. The number of amides is 1. The third-order valence-corrected chi connectivity index (χ3v) is 2.78. The van der Waals surface area contributed by atoms with Crippen LogP contribution in [0.1, 0.15) is 16.1 Å². The number of primary amides is 1. The van der Waals surface area contributed by atoms with Gasteiger partial charge in [-0.25, -0.2) is 4.98 Å². The molecule has 0 saturated carbocycles. The van der Waals surface area contributed by atoms with Gasteiger partial charge < -0.3 is 11.1 Å². The molecule has 2 rings (SSSR count). The molecule has 0 aliphatic carbocycles. The van der Waals surface area contributed by atoms with E-state index in [-0.39, 0.29) is 12.4 Å². The molecule has 0 unspecified atom stereocenters. The summed E-state index contributed by atoms with van der Waals surface area (Å²) in [7, 11) is 0. The van der Waals surface area contributed by atoms with Crippen LogP contribution in [0.4, 0.5) is 0 Å². The van der Waals surface area contributed by atoms with Crippen LogP contribution in [0.3, 0.4) is 0 Å². The Balaban J connectivity index is 0.00000180. The summed E-state index contributed by atoms with van der Waals surface area (Å²) in [6.07, 6.45) is 1.46. The van der Waals surface area contributed by atoms with Crippen LogP contribution in [-0.2, 0) is 0 Å². The molecule has 2 heterocycles. The molecule has 1 aliphatic rings. The predicted octanol–water partition coefficient (Wildman–Crippen LogP) is -0.141. The van der Waals surface area contributed by atoms with E-state index in [0.29, 0.717) is 11.3 Å². The highest BCUT2D eigenvalue weighted by Crippen LogP contribution is 1.98. The van der Waals surface area contributed by atoms with Crippen molar-refractivity contribution in [1.29, 1.82) is 0 Å². The molecular weight excluding hydrogens is 264 g/mol. The summed E-state index contributed by atoms with van der Waals surface area (Å²) in [5.41, 5.74) is 6.20. The van der Waals surface area contributed by atoms with E-state index in [2.05, 4.69) is 27.0 Å². The molecule has 1 aliphatic heterocycles. The van der Waals surface area contributed by atoms with Crippen LogP contribution >= 0.6 is 12.4 Å². The average Bonchev–Trinajstić information content (AvgIpc) is 2.40. The van der Waals surface area contributed by atoms with Gasteiger partial charge >= 0.3 is 0 Å². The van der Waals surface area contributed by atoms with E-state index in [1.165, 1.54) is 6.20 Å². The molecule has 1 saturated heterocycles. The van der Waals surface area contributed by atoms with Crippen molar-refractivity contribution in [3.05, 3.63) is 29.6 Å². The molecule has 19 heavy (non-hydrogen) atoms. The number of carbonyl (C=O) groups excluding carboxylic acids is 1. The van der Waals surface area contributed by atoms with Gasteiger partial charge in [-0.3, -0.25) is 9.69 Å². The standard InChI is InChI=1S/C13H16N4O.ClH/c14-13(18)11-3-4-12(16-10-11)2-1-7-17-8-5-15-6-9-17;/h3-4,10,15H,5-9H2,(H2,14,18);1H. The topological polar surface area (TPSA) is 71.2 Å². The Morgan fingerprint density at radius 3 is 2.74 bits per heavy atom. The molecule has 0 aromatic carbocycles. The van der Waals surface area contributed by atoms with Crippen LogP contribution in [0, 0.1) is 11.8 Å². The first-order chi connectivity index (χ1) is 8.75. The van der Waals surface area contributed by atoms with E-state index < -0.39 is 5.91 Å². The first-order valence-corrected chi connectivity index (χ1v) is 5.93. The van der Waals surface area contributed by atoms with Crippen molar-refractivity contribution in [2.75, 3.05) is 32.7 Å². The summed E-state index contributed by atoms with van der Waals surface area (Å²) in [6.45, 7) is 4.85. The van der Waals surface area contributed by atoms with Crippen molar-refractivity contribution >= 4 is 18.3 Å². The minimum absolute atomic E-state index is 0. The van der Waals surface area contributed by atoms with E-state index in [0.717, 1.165) is 32.7 Å². The van der Waals surface area contributed by atoms with Crippen molar-refractivity contribution in [2.24, 2.45) is 5.73 Å². The Kier molecular flexibility index (Phi) is 6.30. The molecule has 0 radical (unpaired) electrons. The second-order valence-electron chi connectivity index (χ2n) is 4.12. The second kappa shape index (κ2) is 7.74. The quantitative estimate of drug-likeness (QED) is 0.740. The lowest BCUT2D eigenvalue weighted by molar-refractivity contribution is 0.1000. The molecule has 0 bridgehead atoms. The summed E-state index contributed by atoms with van der Waals surface area (Å²) < 4.78 is 0. The van der Waals surface area contributed by atoms with E-state index in [1.807, 2.05) is 0 Å². The fourth-order valence-electron chi connectivity index (χ4n) is 1.72. The number of piperazine rings is 1. The van der Waals surface area contributed by atoms with Gasteiger partial charge in [-0.15, -0.1) is 12.4 Å². The maximum Gasteiger partial charge on any atom is 0.250 e. The first-order valence-electron chi connectivity index (χ1n) is 5.93. The number of rotatable bonds is 2. The van der Waals surface area contributed by atoms with E-state index in [1.54, 1.807) is 12.1 Å². The fraction of sp³-hybridized carbons (Fsp3) is 0.385. The third kappa shape index (κ3) is 4.87. The van der Waals surface area contributed by atoms with Crippen molar-refractivity contribution in [1.82, 2.24) is 15.2 Å². The van der Waals surface area contributed by atoms with Gasteiger partial charge in [0.1, 0.15) is 5.69 Å². The van der Waals surface area contributed by atoms with Crippen molar-refractivity contribution < 1.29 is 4.79 Å². The number of hydrogen-bond donors (Lipinski definition) is 2. The average molecular weight is 281 g/mol. The Labute approximate surface area is 119 Å². The zero-order chi connectivity index (χ0) is 12.8. The van der Waals surface area contributed by atoms with Crippen LogP contribution in [0.2, 0.25) is 0 Å². The largest absolute Gasteiger partial charge is 0.366 e. The van der Waals surface area contributed by atoms with Gasteiger partial charge in [0.2, 0.25) is 5.91 Å². The van der Waals surface area contributed by atoms with E-state index in [9.17, 15) is 4.79 Å². The molecule has 5 nitrogen and oxygen atoms in total. The highest BCUT2D eigenvalue weighted by atomic mass is 35.5. The predicted molar refractivity (Wildman–Crippen MR) is 76.2 cm³/mol. The minimum Gasteiger partial charge on any atom is -0.366 e. The van der Waals surface area contributed by atoms with E-state index in [4.69, 9.17) is 5.73 Å². The summed E-state index contributed by atoms with van der Waals surface area (Å²) >= 11 is 0. The molecule has 3 N–H and O–H groups in total. The Hall–Kier alpha value is -1.61.